The third-order valence-corrected chi connectivity index (χ3v) is 2.41. The van der Waals surface area contributed by atoms with E-state index in [0.717, 1.165) is 5.56 Å². The van der Waals surface area contributed by atoms with Crippen LogP contribution in [0.5, 0.6) is 5.75 Å². The molecule has 0 aliphatic carbocycles. The standard InChI is InChI=1S/C13H17NO5/c1-8-4-5-10(6-12(8)19-9(2)15)14-7-11(16)13(17)18-3/h4-6,11,14,16H,7H2,1-3H3/t11-/m1/s1. The molecule has 0 heterocycles. The number of ether oxygens (including phenoxy) is 2. The van der Waals surface area contributed by atoms with Crippen LogP contribution >= 0.6 is 0 Å². The summed E-state index contributed by atoms with van der Waals surface area (Å²) in [5.41, 5.74) is 1.44. The number of nitrogens with one attached hydrogen (secondary N) is 1. The predicted octanol–water partition coefficient (Wildman–Crippen LogP) is 0.866. The normalized spacial score (nSPS) is 11.6. The van der Waals surface area contributed by atoms with Gasteiger partial charge in [0.2, 0.25) is 0 Å². The van der Waals surface area contributed by atoms with Crippen molar-refractivity contribution in [3.05, 3.63) is 23.8 Å². The van der Waals surface area contributed by atoms with Gasteiger partial charge in [0.25, 0.3) is 0 Å². The fraction of sp³-hybridized carbons (Fsp3) is 0.385. The summed E-state index contributed by atoms with van der Waals surface area (Å²) in [6.07, 6.45) is -1.25. The first-order chi connectivity index (χ1) is 8.93. The molecule has 0 aliphatic heterocycles. The Labute approximate surface area is 111 Å². The van der Waals surface area contributed by atoms with Crippen LogP contribution in [0.15, 0.2) is 18.2 Å². The van der Waals surface area contributed by atoms with Crippen LogP contribution in [0.4, 0.5) is 5.69 Å². The number of aliphatic hydroxyl groups excluding tert-OH is 1. The Morgan fingerprint density at radius 1 is 1.42 bits per heavy atom. The molecule has 1 aromatic carbocycles. The van der Waals surface area contributed by atoms with E-state index in [9.17, 15) is 14.7 Å². The lowest BCUT2D eigenvalue weighted by atomic mass is 10.2. The van der Waals surface area contributed by atoms with Crippen LogP contribution in [0.1, 0.15) is 12.5 Å². The Hall–Kier alpha value is -2.08. The molecule has 2 N–H and O–H groups in total. The highest BCUT2D eigenvalue weighted by Crippen LogP contribution is 2.22. The molecule has 0 saturated carbocycles. The Balaban J connectivity index is 2.69. The molecule has 19 heavy (non-hydrogen) atoms. The van der Waals surface area contributed by atoms with E-state index in [1.165, 1.54) is 14.0 Å². The predicted molar refractivity (Wildman–Crippen MR) is 69.0 cm³/mol. The number of anilines is 1. The van der Waals surface area contributed by atoms with Gasteiger partial charge in [-0.2, -0.15) is 0 Å². The van der Waals surface area contributed by atoms with Gasteiger partial charge in [0.05, 0.1) is 13.7 Å². The Kier molecular flexibility index (Phi) is 5.32. The maximum Gasteiger partial charge on any atom is 0.336 e. The number of carbonyl (C=O) groups is 2. The van der Waals surface area contributed by atoms with Gasteiger partial charge in [0.1, 0.15) is 5.75 Å². The molecule has 104 valence electrons. The van der Waals surface area contributed by atoms with E-state index in [4.69, 9.17) is 4.74 Å². The molecule has 0 aromatic heterocycles. The molecule has 0 fully saturated rings. The van der Waals surface area contributed by atoms with Gasteiger partial charge in [-0.15, -0.1) is 0 Å². The average Bonchev–Trinajstić information content (AvgIpc) is 2.37. The quantitative estimate of drug-likeness (QED) is 0.608. The van der Waals surface area contributed by atoms with Gasteiger partial charge in [-0.25, -0.2) is 4.79 Å². The third-order valence-electron chi connectivity index (χ3n) is 2.41. The summed E-state index contributed by atoms with van der Waals surface area (Å²) in [4.78, 5) is 21.9. The monoisotopic (exact) mass is 267 g/mol. The first-order valence-electron chi connectivity index (χ1n) is 5.73. The first kappa shape index (κ1) is 15.0. The van der Waals surface area contributed by atoms with Gasteiger partial charge < -0.3 is 19.9 Å². The zero-order valence-corrected chi connectivity index (χ0v) is 11.1. The fourth-order valence-corrected chi connectivity index (χ4v) is 1.41. The van der Waals surface area contributed by atoms with Gasteiger partial charge in [-0.3, -0.25) is 4.79 Å². The van der Waals surface area contributed by atoms with Gasteiger partial charge in [-0.05, 0) is 18.6 Å². The molecular weight excluding hydrogens is 250 g/mol. The molecule has 1 aromatic rings. The molecule has 6 nitrogen and oxygen atoms in total. The van der Waals surface area contributed by atoms with Crippen LogP contribution in [0.2, 0.25) is 0 Å². The lowest BCUT2D eigenvalue weighted by molar-refractivity contribution is -0.149. The molecule has 6 heteroatoms. The third kappa shape index (κ3) is 4.59. The second-order valence-corrected chi connectivity index (χ2v) is 3.99. The first-order valence-corrected chi connectivity index (χ1v) is 5.73. The number of benzene rings is 1. The van der Waals surface area contributed by atoms with Crippen molar-refractivity contribution >= 4 is 17.6 Å². The maximum atomic E-state index is 11.0. The van der Waals surface area contributed by atoms with Crippen molar-refractivity contribution in [3.63, 3.8) is 0 Å². The molecule has 0 radical (unpaired) electrons. The number of methoxy groups -OCH3 is 1. The van der Waals surface area contributed by atoms with E-state index < -0.39 is 18.0 Å². The molecular formula is C13H17NO5. The van der Waals surface area contributed by atoms with Crippen LogP contribution in [0.3, 0.4) is 0 Å². The minimum atomic E-state index is -1.25. The zero-order chi connectivity index (χ0) is 14.4. The second kappa shape index (κ2) is 6.75. The number of rotatable bonds is 5. The topological polar surface area (TPSA) is 84.9 Å². The summed E-state index contributed by atoms with van der Waals surface area (Å²) in [5.74, 6) is -0.681. The van der Waals surface area contributed by atoms with Gasteiger partial charge in [-0.1, -0.05) is 6.07 Å². The molecule has 0 amide bonds. The highest BCUT2D eigenvalue weighted by molar-refractivity contribution is 5.75. The van der Waals surface area contributed by atoms with Crippen molar-refractivity contribution in [1.82, 2.24) is 0 Å². The SMILES string of the molecule is COC(=O)[C@H](O)CNc1ccc(C)c(OC(C)=O)c1. The molecule has 0 unspecified atom stereocenters. The van der Waals surface area contributed by atoms with Crippen LogP contribution in [-0.2, 0) is 14.3 Å². The number of carbonyl (C=O) groups excluding carboxylic acids is 2. The molecule has 0 bridgehead atoms. The average molecular weight is 267 g/mol. The maximum absolute atomic E-state index is 11.0. The molecule has 0 spiro atoms. The van der Waals surface area contributed by atoms with Crippen LogP contribution in [-0.4, -0.2) is 36.8 Å². The van der Waals surface area contributed by atoms with Crippen molar-refractivity contribution in [3.8, 4) is 5.75 Å². The second-order valence-electron chi connectivity index (χ2n) is 3.99. The zero-order valence-electron chi connectivity index (χ0n) is 11.1. The van der Waals surface area contributed by atoms with Crippen LogP contribution < -0.4 is 10.1 Å². The van der Waals surface area contributed by atoms with Crippen LogP contribution in [0.25, 0.3) is 0 Å². The van der Waals surface area contributed by atoms with Gasteiger partial charge in [0, 0.05) is 18.7 Å². The molecule has 0 aliphatic rings. The summed E-state index contributed by atoms with van der Waals surface area (Å²) in [5, 5.41) is 12.3. The summed E-state index contributed by atoms with van der Waals surface area (Å²) in [7, 11) is 1.20. The summed E-state index contributed by atoms with van der Waals surface area (Å²) >= 11 is 0. The molecule has 1 rings (SSSR count). The van der Waals surface area contributed by atoms with E-state index in [1.807, 2.05) is 6.92 Å². The van der Waals surface area contributed by atoms with E-state index in [0.29, 0.717) is 11.4 Å². The van der Waals surface area contributed by atoms with Gasteiger partial charge in [0.15, 0.2) is 6.10 Å². The van der Waals surface area contributed by atoms with Gasteiger partial charge >= 0.3 is 11.9 Å². The number of aliphatic hydroxyl groups is 1. The van der Waals surface area contributed by atoms with Crippen LogP contribution in [0, 0.1) is 6.92 Å². The Morgan fingerprint density at radius 3 is 2.68 bits per heavy atom. The minimum Gasteiger partial charge on any atom is -0.467 e. The number of aryl methyl sites for hydroxylation is 1. The van der Waals surface area contributed by atoms with Crippen molar-refractivity contribution in [2.24, 2.45) is 0 Å². The lowest BCUT2D eigenvalue weighted by Gasteiger charge is -2.12. The highest BCUT2D eigenvalue weighted by atomic mass is 16.5. The van der Waals surface area contributed by atoms with E-state index in [-0.39, 0.29) is 6.54 Å². The Bertz CT molecular complexity index is 472. The van der Waals surface area contributed by atoms with Crippen molar-refractivity contribution in [2.75, 3.05) is 19.0 Å². The molecule has 0 saturated heterocycles. The van der Waals surface area contributed by atoms with E-state index >= 15 is 0 Å². The van der Waals surface area contributed by atoms with Crippen molar-refractivity contribution in [2.45, 2.75) is 20.0 Å². The van der Waals surface area contributed by atoms with Crippen molar-refractivity contribution in [1.29, 1.82) is 0 Å². The molecule has 1 atom stereocenters. The van der Waals surface area contributed by atoms with Crippen molar-refractivity contribution < 1.29 is 24.2 Å². The highest BCUT2D eigenvalue weighted by Gasteiger charge is 2.14. The number of hydrogen-bond donors (Lipinski definition) is 2. The smallest absolute Gasteiger partial charge is 0.336 e. The lowest BCUT2D eigenvalue weighted by Crippen LogP contribution is -2.29. The fourth-order valence-electron chi connectivity index (χ4n) is 1.41. The summed E-state index contributed by atoms with van der Waals surface area (Å²) < 4.78 is 9.43. The number of hydrogen-bond acceptors (Lipinski definition) is 6. The van der Waals surface area contributed by atoms with E-state index in [1.54, 1.807) is 18.2 Å². The summed E-state index contributed by atoms with van der Waals surface area (Å²) in [6.45, 7) is 3.14. The minimum absolute atomic E-state index is 0.00917. The largest absolute Gasteiger partial charge is 0.467 e. The Morgan fingerprint density at radius 2 is 2.11 bits per heavy atom. The number of esters is 2. The summed E-state index contributed by atoms with van der Waals surface area (Å²) in [6, 6.07) is 5.15. The van der Waals surface area contributed by atoms with E-state index in [2.05, 4.69) is 10.1 Å².